The molecule has 0 saturated heterocycles. The number of hydrogen-bond donors (Lipinski definition) is 1. The SMILES string of the molecule is O=C(NCc1cc(Cl)cc(Cl)c1)c1cc2ccccc2n1-c1ccc(Cl)cc1. The number of halogens is 3. The molecule has 0 bridgehead atoms. The van der Waals surface area contributed by atoms with Gasteiger partial charge in [0.05, 0.1) is 5.52 Å². The van der Waals surface area contributed by atoms with E-state index in [1.54, 1.807) is 30.3 Å². The fourth-order valence-electron chi connectivity index (χ4n) is 3.18. The number of aromatic nitrogens is 1. The first-order chi connectivity index (χ1) is 13.5. The van der Waals surface area contributed by atoms with Crippen LogP contribution in [0.5, 0.6) is 0 Å². The number of nitrogens with zero attached hydrogens (tertiary/aromatic N) is 1. The molecule has 0 aliphatic rings. The van der Waals surface area contributed by atoms with Crippen LogP contribution in [0.3, 0.4) is 0 Å². The van der Waals surface area contributed by atoms with E-state index in [0.29, 0.717) is 27.3 Å². The third-order valence-corrected chi connectivity index (χ3v) is 5.09. The van der Waals surface area contributed by atoms with Crippen molar-refractivity contribution in [2.45, 2.75) is 6.54 Å². The van der Waals surface area contributed by atoms with E-state index in [4.69, 9.17) is 34.8 Å². The lowest BCUT2D eigenvalue weighted by Gasteiger charge is -2.12. The van der Waals surface area contributed by atoms with Gasteiger partial charge in [-0.25, -0.2) is 0 Å². The van der Waals surface area contributed by atoms with Gasteiger partial charge in [-0.1, -0.05) is 53.0 Å². The van der Waals surface area contributed by atoms with Crippen LogP contribution in [0.1, 0.15) is 16.1 Å². The van der Waals surface area contributed by atoms with Crippen molar-refractivity contribution >= 4 is 51.6 Å². The van der Waals surface area contributed by atoms with E-state index in [-0.39, 0.29) is 5.91 Å². The highest BCUT2D eigenvalue weighted by Crippen LogP contribution is 2.26. The second-order valence-electron chi connectivity index (χ2n) is 6.36. The minimum absolute atomic E-state index is 0.192. The molecular weight excluding hydrogens is 415 g/mol. The van der Waals surface area contributed by atoms with Gasteiger partial charge in [-0.3, -0.25) is 4.79 Å². The third kappa shape index (κ3) is 3.88. The largest absolute Gasteiger partial charge is 0.347 e. The summed E-state index contributed by atoms with van der Waals surface area (Å²) in [7, 11) is 0. The van der Waals surface area contributed by atoms with Crippen molar-refractivity contribution in [2.24, 2.45) is 0 Å². The van der Waals surface area contributed by atoms with Crippen LogP contribution in [0.4, 0.5) is 0 Å². The summed E-state index contributed by atoms with van der Waals surface area (Å²) in [5.74, 6) is -0.192. The standard InChI is InChI=1S/C22H15Cl3N2O/c23-16-5-7-19(8-6-16)27-20-4-2-1-3-15(20)11-21(27)22(28)26-13-14-9-17(24)12-18(25)10-14/h1-12H,13H2,(H,26,28). The van der Waals surface area contributed by atoms with Crippen molar-refractivity contribution in [3.63, 3.8) is 0 Å². The van der Waals surface area contributed by atoms with Gasteiger partial charge >= 0.3 is 0 Å². The highest BCUT2D eigenvalue weighted by molar-refractivity contribution is 6.34. The van der Waals surface area contributed by atoms with Crippen molar-refractivity contribution in [1.29, 1.82) is 0 Å². The highest BCUT2D eigenvalue weighted by atomic mass is 35.5. The van der Waals surface area contributed by atoms with Gasteiger partial charge in [0.15, 0.2) is 0 Å². The Kier molecular flexibility index (Phi) is 5.31. The number of amides is 1. The average molecular weight is 430 g/mol. The first kappa shape index (κ1) is 18.9. The van der Waals surface area contributed by atoms with Crippen LogP contribution < -0.4 is 5.32 Å². The van der Waals surface area contributed by atoms with Crippen LogP contribution in [0.2, 0.25) is 15.1 Å². The Hall–Kier alpha value is -2.46. The minimum Gasteiger partial charge on any atom is -0.347 e. The zero-order chi connectivity index (χ0) is 19.7. The highest BCUT2D eigenvalue weighted by Gasteiger charge is 2.17. The van der Waals surface area contributed by atoms with Crippen molar-refractivity contribution in [2.75, 3.05) is 0 Å². The van der Waals surface area contributed by atoms with Crippen LogP contribution in [-0.2, 0) is 6.54 Å². The van der Waals surface area contributed by atoms with E-state index in [9.17, 15) is 4.79 Å². The molecular formula is C22H15Cl3N2O. The maximum atomic E-state index is 13.0. The number of nitrogens with one attached hydrogen (secondary N) is 1. The third-order valence-electron chi connectivity index (χ3n) is 4.40. The summed E-state index contributed by atoms with van der Waals surface area (Å²) >= 11 is 18.1. The predicted molar refractivity (Wildman–Crippen MR) is 116 cm³/mol. The molecule has 0 spiro atoms. The summed E-state index contributed by atoms with van der Waals surface area (Å²) in [5.41, 5.74) is 3.18. The second kappa shape index (κ2) is 7.88. The zero-order valence-corrected chi connectivity index (χ0v) is 16.9. The number of rotatable bonds is 4. The topological polar surface area (TPSA) is 34.0 Å². The first-order valence-corrected chi connectivity index (χ1v) is 9.74. The molecule has 0 aliphatic carbocycles. The molecule has 6 heteroatoms. The zero-order valence-electron chi connectivity index (χ0n) is 14.6. The summed E-state index contributed by atoms with van der Waals surface area (Å²) in [6.07, 6.45) is 0. The Morgan fingerprint density at radius 3 is 2.21 bits per heavy atom. The molecule has 0 fully saturated rings. The molecule has 1 aromatic heterocycles. The molecule has 3 nitrogen and oxygen atoms in total. The molecule has 0 atom stereocenters. The number of carbonyl (C=O) groups excluding carboxylic acids is 1. The molecule has 140 valence electrons. The molecule has 3 aromatic carbocycles. The maximum absolute atomic E-state index is 13.0. The van der Waals surface area contributed by atoms with Gasteiger partial charge in [-0.05, 0) is 60.2 Å². The number of benzene rings is 3. The molecule has 0 radical (unpaired) electrons. The van der Waals surface area contributed by atoms with Crippen molar-refractivity contribution in [3.05, 3.63) is 99.1 Å². The fourth-order valence-corrected chi connectivity index (χ4v) is 3.87. The van der Waals surface area contributed by atoms with Gasteiger partial charge in [0.25, 0.3) is 5.91 Å². The summed E-state index contributed by atoms with van der Waals surface area (Å²) < 4.78 is 1.92. The van der Waals surface area contributed by atoms with E-state index >= 15 is 0 Å². The molecule has 0 saturated carbocycles. The molecule has 1 amide bonds. The molecule has 1 heterocycles. The molecule has 0 unspecified atom stereocenters. The van der Waals surface area contributed by atoms with Crippen molar-refractivity contribution in [3.8, 4) is 5.69 Å². The van der Waals surface area contributed by atoms with E-state index in [2.05, 4.69) is 5.32 Å². The van der Waals surface area contributed by atoms with Crippen LogP contribution in [0, 0.1) is 0 Å². The summed E-state index contributed by atoms with van der Waals surface area (Å²) in [6.45, 7) is 0.321. The lowest BCUT2D eigenvalue weighted by Crippen LogP contribution is -2.25. The lowest BCUT2D eigenvalue weighted by molar-refractivity contribution is 0.0944. The van der Waals surface area contributed by atoms with Gasteiger partial charge in [0, 0.05) is 32.7 Å². The maximum Gasteiger partial charge on any atom is 0.268 e. The van der Waals surface area contributed by atoms with Crippen molar-refractivity contribution in [1.82, 2.24) is 9.88 Å². The van der Waals surface area contributed by atoms with Crippen molar-refractivity contribution < 1.29 is 4.79 Å². The predicted octanol–water partition coefficient (Wildman–Crippen LogP) is 6.52. The average Bonchev–Trinajstić information content (AvgIpc) is 3.06. The second-order valence-corrected chi connectivity index (χ2v) is 7.67. The van der Waals surface area contributed by atoms with Gasteiger partial charge in [-0.15, -0.1) is 0 Å². The Balaban J connectivity index is 1.70. The summed E-state index contributed by atoms with van der Waals surface area (Å²) in [6, 6.07) is 22.4. The van der Waals surface area contributed by atoms with Crippen LogP contribution in [0.15, 0.2) is 72.8 Å². The Labute approximate surface area is 177 Å². The molecule has 28 heavy (non-hydrogen) atoms. The minimum atomic E-state index is -0.192. The van der Waals surface area contributed by atoms with Gasteiger partial charge in [-0.2, -0.15) is 0 Å². The smallest absolute Gasteiger partial charge is 0.268 e. The van der Waals surface area contributed by atoms with Crippen LogP contribution in [0.25, 0.3) is 16.6 Å². The Bertz CT molecular complexity index is 1150. The van der Waals surface area contributed by atoms with Gasteiger partial charge in [0.1, 0.15) is 5.69 Å². The monoisotopic (exact) mass is 428 g/mol. The van der Waals surface area contributed by atoms with E-state index in [0.717, 1.165) is 22.2 Å². The normalized spacial score (nSPS) is 11.0. The molecule has 1 N–H and O–H groups in total. The number of hydrogen-bond acceptors (Lipinski definition) is 1. The summed E-state index contributed by atoms with van der Waals surface area (Å²) in [4.78, 5) is 13.0. The fraction of sp³-hybridized carbons (Fsp3) is 0.0455. The lowest BCUT2D eigenvalue weighted by atomic mass is 10.2. The van der Waals surface area contributed by atoms with Gasteiger partial charge < -0.3 is 9.88 Å². The molecule has 4 rings (SSSR count). The van der Waals surface area contributed by atoms with Crippen LogP contribution >= 0.6 is 34.8 Å². The van der Waals surface area contributed by atoms with E-state index in [1.807, 2.05) is 47.0 Å². The van der Waals surface area contributed by atoms with E-state index < -0.39 is 0 Å². The molecule has 4 aromatic rings. The number of para-hydroxylation sites is 1. The quantitative estimate of drug-likeness (QED) is 0.393. The molecule has 0 aliphatic heterocycles. The number of carbonyl (C=O) groups is 1. The summed E-state index contributed by atoms with van der Waals surface area (Å²) in [5, 5.41) is 5.64. The van der Waals surface area contributed by atoms with Gasteiger partial charge in [0.2, 0.25) is 0 Å². The first-order valence-electron chi connectivity index (χ1n) is 8.61. The van der Waals surface area contributed by atoms with Crippen LogP contribution in [-0.4, -0.2) is 10.5 Å². The number of fused-ring (bicyclic) bond motifs is 1. The Morgan fingerprint density at radius 2 is 1.50 bits per heavy atom. The Morgan fingerprint density at radius 1 is 0.821 bits per heavy atom. The van der Waals surface area contributed by atoms with E-state index in [1.165, 1.54) is 0 Å².